The fraction of sp³-hybridized carbons (Fsp3) is 0.364. The van der Waals surface area contributed by atoms with Crippen LogP contribution in [0.3, 0.4) is 0 Å². The van der Waals surface area contributed by atoms with Gasteiger partial charge in [0.1, 0.15) is 0 Å². The van der Waals surface area contributed by atoms with Crippen LogP contribution in [-0.4, -0.2) is 24.3 Å². The number of aliphatic hydroxyl groups is 1. The van der Waals surface area contributed by atoms with E-state index in [1.807, 2.05) is 0 Å². The number of aliphatic hydroxyl groups excluding tert-OH is 1. The van der Waals surface area contributed by atoms with E-state index in [2.05, 4.69) is 20.7 Å². The van der Waals surface area contributed by atoms with E-state index < -0.39 is 25.0 Å². The highest BCUT2D eigenvalue weighted by Gasteiger charge is 2.17. The van der Waals surface area contributed by atoms with Gasteiger partial charge in [0.05, 0.1) is 22.7 Å². The first kappa shape index (κ1) is 15.2. The third-order valence-corrected chi connectivity index (χ3v) is 3.19. The minimum absolute atomic E-state index is 0.0105. The summed E-state index contributed by atoms with van der Waals surface area (Å²) in [5.74, 6) is -1.51. The number of carbonyl (C=O) groups excluding carboxylic acids is 1. The van der Waals surface area contributed by atoms with Crippen molar-refractivity contribution in [1.29, 1.82) is 0 Å². The maximum Gasteiger partial charge on any atom is 0.344 e. The molecule has 0 bridgehead atoms. The van der Waals surface area contributed by atoms with E-state index in [0.717, 1.165) is 0 Å². The third-order valence-electron chi connectivity index (χ3n) is 2.03. The fourth-order valence-electron chi connectivity index (χ4n) is 1.20. The molecule has 0 aromatic heterocycles. The van der Waals surface area contributed by atoms with Crippen molar-refractivity contribution in [2.45, 2.75) is 13.5 Å². The molecular weight excluding hydrogens is 330 g/mol. The first-order valence-electron chi connectivity index (χ1n) is 5.06. The Balaban J connectivity index is 2.88. The first-order chi connectivity index (χ1) is 8.51. The van der Waals surface area contributed by atoms with E-state index in [1.165, 1.54) is 6.07 Å². The minimum Gasteiger partial charge on any atom is -0.479 e. The van der Waals surface area contributed by atoms with Gasteiger partial charge >= 0.3 is 5.97 Å². The molecule has 7 heteroatoms. The van der Waals surface area contributed by atoms with Gasteiger partial charge in [-0.25, -0.2) is 9.18 Å². The molecule has 0 spiro atoms. The summed E-state index contributed by atoms with van der Waals surface area (Å²) < 4.78 is 23.4. The zero-order valence-corrected chi connectivity index (χ0v) is 11.8. The van der Waals surface area contributed by atoms with E-state index in [1.54, 1.807) is 6.92 Å². The Hall–Kier alpha value is -0.850. The number of esters is 1. The molecule has 18 heavy (non-hydrogen) atoms. The zero-order chi connectivity index (χ0) is 13.7. The molecule has 100 valence electrons. The van der Waals surface area contributed by atoms with Gasteiger partial charge in [-0.05, 0) is 22.9 Å². The molecule has 0 aliphatic heterocycles. The highest BCUT2D eigenvalue weighted by molar-refractivity contribution is 9.10. The van der Waals surface area contributed by atoms with Gasteiger partial charge in [0.25, 0.3) is 0 Å². The number of rotatable bonds is 5. The Morgan fingerprint density at radius 2 is 2.28 bits per heavy atom. The van der Waals surface area contributed by atoms with Crippen molar-refractivity contribution >= 4 is 33.5 Å². The maximum atomic E-state index is 13.8. The van der Waals surface area contributed by atoms with E-state index >= 15 is 0 Å². The number of carbonyl (C=O) groups is 1. The summed E-state index contributed by atoms with van der Waals surface area (Å²) in [6.07, 6.45) is 0. The molecule has 0 fully saturated rings. The Morgan fingerprint density at radius 3 is 2.83 bits per heavy atom. The van der Waals surface area contributed by atoms with Crippen LogP contribution < -0.4 is 4.74 Å². The molecule has 4 nitrogen and oxygen atoms in total. The van der Waals surface area contributed by atoms with Gasteiger partial charge in [-0.15, -0.1) is 0 Å². The first-order valence-corrected chi connectivity index (χ1v) is 6.24. The smallest absolute Gasteiger partial charge is 0.344 e. The van der Waals surface area contributed by atoms with Crippen molar-refractivity contribution in [3.05, 3.63) is 26.9 Å². The van der Waals surface area contributed by atoms with E-state index in [9.17, 15) is 9.18 Å². The predicted molar refractivity (Wildman–Crippen MR) is 67.2 cm³/mol. The van der Waals surface area contributed by atoms with Gasteiger partial charge in [-0.1, -0.05) is 11.6 Å². The second-order valence-electron chi connectivity index (χ2n) is 3.21. The van der Waals surface area contributed by atoms with Crippen molar-refractivity contribution < 1.29 is 23.8 Å². The van der Waals surface area contributed by atoms with Crippen molar-refractivity contribution in [2.24, 2.45) is 0 Å². The van der Waals surface area contributed by atoms with Crippen LogP contribution in [0.15, 0.2) is 10.5 Å². The fourth-order valence-corrected chi connectivity index (χ4v) is 2.10. The quantitative estimate of drug-likeness (QED) is 0.661. The lowest BCUT2D eigenvalue weighted by atomic mass is 10.2. The Kier molecular flexibility index (Phi) is 5.84. The second kappa shape index (κ2) is 6.92. The van der Waals surface area contributed by atoms with E-state index in [4.69, 9.17) is 21.4 Å². The number of halogens is 3. The molecule has 0 radical (unpaired) electrons. The molecule has 0 unspecified atom stereocenters. The summed E-state index contributed by atoms with van der Waals surface area (Å²) in [7, 11) is 0. The molecule has 0 aliphatic rings. The summed E-state index contributed by atoms with van der Waals surface area (Å²) in [4.78, 5) is 11.1. The van der Waals surface area contributed by atoms with Gasteiger partial charge in [-0.3, -0.25) is 0 Å². The van der Waals surface area contributed by atoms with Crippen molar-refractivity contribution in [3.63, 3.8) is 0 Å². The van der Waals surface area contributed by atoms with Crippen molar-refractivity contribution in [2.75, 3.05) is 13.2 Å². The molecule has 1 rings (SSSR count). The van der Waals surface area contributed by atoms with Crippen LogP contribution in [0.1, 0.15) is 12.5 Å². The van der Waals surface area contributed by atoms with Gasteiger partial charge in [0, 0.05) is 11.6 Å². The summed E-state index contributed by atoms with van der Waals surface area (Å²) in [5, 5.41) is 9.15. The maximum absolute atomic E-state index is 13.8. The predicted octanol–water partition coefficient (Wildman–Crippen LogP) is 2.68. The number of hydrogen-bond acceptors (Lipinski definition) is 4. The number of benzene rings is 1. The van der Waals surface area contributed by atoms with Gasteiger partial charge < -0.3 is 14.6 Å². The average Bonchev–Trinajstić information content (AvgIpc) is 2.33. The lowest BCUT2D eigenvalue weighted by Gasteiger charge is -2.11. The van der Waals surface area contributed by atoms with Gasteiger partial charge in [-0.2, -0.15) is 0 Å². The molecule has 1 aromatic carbocycles. The van der Waals surface area contributed by atoms with Gasteiger partial charge in [0.15, 0.2) is 18.2 Å². The molecule has 0 amide bonds. The van der Waals surface area contributed by atoms with Crippen LogP contribution in [-0.2, 0) is 16.1 Å². The highest BCUT2D eigenvalue weighted by atomic mass is 79.9. The lowest BCUT2D eigenvalue weighted by Crippen LogP contribution is -2.15. The van der Waals surface area contributed by atoms with E-state index in [-0.39, 0.29) is 27.4 Å². The average molecular weight is 342 g/mol. The zero-order valence-electron chi connectivity index (χ0n) is 9.50. The SMILES string of the molecule is CCOC(=O)COc1cc(Cl)c(CO)c(Br)c1F. The van der Waals surface area contributed by atoms with Crippen LogP contribution in [0.2, 0.25) is 5.02 Å². The molecule has 0 heterocycles. The standard InChI is InChI=1S/C11H11BrClFO4/c1-2-17-9(16)5-18-8-3-7(13)6(4-15)10(12)11(8)14/h3,15H,2,4-5H2,1H3. The monoisotopic (exact) mass is 340 g/mol. The number of ether oxygens (including phenoxy) is 2. The largest absolute Gasteiger partial charge is 0.479 e. The third kappa shape index (κ3) is 3.57. The Labute approximate surface area is 117 Å². The van der Waals surface area contributed by atoms with Crippen molar-refractivity contribution in [3.8, 4) is 5.75 Å². The molecule has 1 aromatic rings. The van der Waals surface area contributed by atoms with Crippen LogP contribution in [0.5, 0.6) is 5.75 Å². The summed E-state index contributed by atoms with van der Waals surface area (Å²) in [6, 6.07) is 1.20. The Bertz CT molecular complexity index is 453. The normalized spacial score (nSPS) is 10.3. The minimum atomic E-state index is -0.729. The molecule has 1 N–H and O–H groups in total. The van der Waals surface area contributed by atoms with Crippen LogP contribution >= 0.6 is 27.5 Å². The summed E-state index contributed by atoms with van der Waals surface area (Å²) in [5.41, 5.74) is 0.220. The van der Waals surface area contributed by atoms with E-state index in [0.29, 0.717) is 0 Å². The van der Waals surface area contributed by atoms with Crippen LogP contribution in [0.25, 0.3) is 0 Å². The highest BCUT2D eigenvalue weighted by Crippen LogP contribution is 2.34. The molecule has 0 saturated carbocycles. The molecule has 0 saturated heterocycles. The van der Waals surface area contributed by atoms with Crippen molar-refractivity contribution in [1.82, 2.24) is 0 Å². The van der Waals surface area contributed by atoms with Crippen LogP contribution in [0, 0.1) is 5.82 Å². The molecular formula is C11H11BrClFO4. The number of hydrogen-bond donors (Lipinski definition) is 1. The van der Waals surface area contributed by atoms with Crippen LogP contribution in [0.4, 0.5) is 4.39 Å². The van der Waals surface area contributed by atoms with Gasteiger partial charge in [0.2, 0.25) is 0 Å². The Morgan fingerprint density at radius 1 is 1.61 bits per heavy atom. The summed E-state index contributed by atoms with van der Waals surface area (Å²) in [6.45, 7) is 1.06. The topological polar surface area (TPSA) is 55.8 Å². The molecule has 0 atom stereocenters. The second-order valence-corrected chi connectivity index (χ2v) is 4.42. The summed E-state index contributed by atoms with van der Waals surface area (Å²) >= 11 is 8.79. The lowest BCUT2D eigenvalue weighted by molar-refractivity contribution is -0.145. The molecule has 0 aliphatic carbocycles.